The van der Waals surface area contributed by atoms with Crippen LogP contribution in [0.5, 0.6) is 0 Å². The maximum atomic E-state index is 10.4. The first-order valence-corrected chi connectivity index (χ1v) is 5.81. The average molecular weight is 232 g/mol. The number of aliphatic hydroxyl groups is 1. The van der Waals surface area contributed by atoms with E-state index >= 15 is 0 Å². The summed E-state index contributed by atoms with van der Waals surface area (Å²) in [5.41, 5.74) is 0.738. The molecule has 1 aliphatic heterocycles. The molecular formula is C14H16O3. The number of rotatable bonds is 2. The molecule has 1 fully saturated rings. The van der Waals surface area contributed by atoms with Gasteiger partial charge in [0, 0.05) is 10.9 Å². The number of para-hydroxylation sites is 1. The van der Waals surface area contributed by atoms with Crippen molar-refractivity contribution < 1.29 is 14.3 Å². The average Bonchev–Trinajstić information content (AvgIpc) is 2.59. The topological polar surface area (TPSA) is 42.6 Å². The maximum Gasteiger partial charge on any atom is 0.134 e. The van der Waals surface area contributed by atoms with Gasteiger partial charge in [0.25, 0.3) is 0 Å². The summed E-state index contributed by atoms with van der Waals surface area (Å²) in [7, 11) is 0. The van der Waals surface area contributed by atoms with Crippen molar-refractivity contribution in [2.75, 3.05) is 13.2 Å². The van der Waals surface area contributed by atoms with Gasteiger partial charge in [0.15, 0.2) is 0 Å². The van der Waals surface area contributed by atoms with E-state index in [-0.39, 0.29) is 5.41 Å². The van der Waals surface area contributed by atoms with E-state index < -0.39 is 5.60 Å². The first kappa shape index (κ1) is 10.8. The first-order valence-electron chi connectivity index (χ1n) is 5.81. The summed E-state index contributed by atoms with van der Waals surface area (Å²) in [6, 6.07) is 7.90. The van der Waals surface area contributed by atoms with Gasteiger partial charge in [-0.05, 0) is 19.9 Å². The van der Waals surface area contributed by atoms with Gasteiger partial charge in [-0.2, -0.15) is 0 Å². The first-order chi connectivity index (χ1) is 8.05. The van der Waals surface area contributed by atoms with Crippen molar-refractivity contribution in [3.05, 3.63) is 36.1 Å². The summed E-state index contributed by atoms with van der Waals surface area (Å²) in [5.74, 6) is 0. The number of furan rings is 1. The molecule has 17 heavy (non-hydrogen) atoms. The lowest BCUT2D eigenvalue weighted by Crippen LogP contribution is -2.60. The Morgan fingerprint density at radius 1 is 1.24 bits per heavy atom. The van der Waals surface area contributed by atoms with E-state index in [0.717, 1.165) is 16.5 Å². The largest absolute Gasteiger partial charge is 0.464 e. The molecular weight excluding hydrogens is 216 g/mol. The molecule has 1 aliphatic rings. The van der Waals surface area contributed by atoms with Crippen molar-refractivity contribution in [3.63, 3.8) is 0 Å². The van der Waals surface area contributed by atoms with E-state index in [4.69, 9.17) is 9.15 Å². The summed E-state index contributed by atoms with van der Waals surface area (Å²) in [4.78, 5) is 0. The third kappa shape index (κ3) is 1.36. The molecule has 0 saturated carbocycles. The summed E-state index contributed by atoms with van der Waals surface area (Å²) < 4.78 is 10.9. The van der Waals surface area contributed by atoms with Gasteiger partial charge in [0.2, 0.25) is 0 Å². The third-order valence-electron chi connectivity index (χ3n) is 3.86. The molecule has 0 unspecified atom stereocenters. The minimum absolute atomic E-state index is 0.348. The number of hydrogen-bond donors (Lipinski definition) is 1. The summed E-state index contributed by atoms with van der Waals surface area (Å²) in [6.45, 7) is 4.74. The van der Waals surface area contributed by atoms with Crippen LogP contribution in [0, 0.1) is 0 Å². The van der Waals surface area contributed by atoms with Crippen molar-refractivity contribution in [2.45, 2.75) is 24.9 Å². The van der Waals surface area contributed by atoms with Crippen molar-refractivity contribution in [1.82, 2.24) is 0 Å². The molecule has 0 aliphatic carbocycles. The molecule has 0 radical (unpaired) electrons. The van der Waals surface area contributed by atoms with Crippen LogP contribution in [0.2, 0.25) is 0 Å². The lowest BCUT2D eigenvalue weighted by Gasteiger charge is -2.49. The molecule has 0 bridgehead atoms. The number of hydrogen-bond acceptors (Lipinski definition) is 3. The second kappa shape index (κ2) is 3.34. The van der Waals surface area contributed by atoms with Crippen LogP contribution < -0.4 is 0 Å². The Balaban J connectivity index is 2.21. The standard InChI is InChI=1S/C14H16O3/c1-13(2,15)14(8-16-9-14)11-7-17-12-6-4-3-5-10(11)12/h3-7,15H,8-9H2,1-2H3. The predicted molar refractivity (Wildman–Crippen MR) is 65.0 cm³/mol. The Bertz CT molecular complexity index is 544. The fraction of sp³-hybridized carbons (Fsp3) is 0.429. The van der Waals surface area contributed by atoms with Crippen LogP contribution in [0.3, 0.4) is 0 Å². The molecule has 2 heterocycles. The highest BCUT2D eigenvalue weighted by Gasteiger charge is 2.53. The lowest BCUT2D eigenvalue weighted by molar-refractivity contribution is -0.157. The van der Waals surface area contributed by atoms with Crippen LogP contribution in [0.4, 0.5) is 0 Å². The second-order valence-corrected chi connectivity index (χ2v) is 5.28. The van der Waals surface area contributed by atoms with Gasteiger partial charge in [0.05, 0.1) is 30.5 Å². The van der Waals surface area contributed by atoms with Crippen LogP contribution >= 0.6 is 0 Å². The number of benzene rings is 1. The van der Waals surface area contributed by atoms with Gasteiger partial charge in [0.1, 0.15) is 5.58 Å². The zero-order valence-corrected chi connectivity index (χ0v) is 10.1. The molecule has 1 N–H and O–H groups in total. The van der Waals surface area contributed by atoms with E-state index in [1.807, 2.05) is 38.1 Å². The van der Waals surface area contributed by atoms with Gasteiger partial charge in [-0.3, -0.25) is 0 Å². The molecule has 1 saturated heterocycles. The van der Waals surface area contributed by atoms with Crippen molar-refractivity contribution in [1.29, 1.82) is 0 Å². The molecule has 3 heteroatoms. The Labute approximate surface area is 100.0 Å². The zero-order chi connectivity index (χ0) is 12.1. The minimum Gasteiger partial charge on any atom is -0.464 e. The molecule has 2 aromatic rings. The molecule has 90 valence electrons. The number of fused-ring (bicyclic) bond motifs is 1. The molecule has 1 aromatic heterocycles. The maximum absolute atomic E-state index is 10.4. The fourth-order valence-electron chi connectivity index (χ4n) is 2.49. The van der Waals surface area contributed by atoms with Gasteiger partial charge < -0.3 is 14.3 Å². The minimum atomic E-state index is -0.822. The summed E-state index contributed by atoms with van der Waals surface area (Å²) in [6.07, 6.45) is 1.76. The van der Waals surface area contributed by atoms with Gasteiger partial charge in [-0.25, -0.2) is 0 Å². The van der Waals surface area contributed by atoms with Crippen molar-refractivity contribution in [3.8, 4) is 0 Å². The van der Waals surface area contributed by atoms with Gasteiger partial charge in [-0.1, -0.05) is 18.2 Å². The lowest BCUT2D eigenvalue weighted by atomic mass is 9.67. The predicted octanol–water partition coefficient (Wildman–Crippen LogP) is 2.47. The van der Waals surface area contributed by atoms with E-state index in [1.165, 1.54) is 0 Å². The molecule has 0 spiro atoms. The molecule has 3 nitrogen and oxygen atoms in total. The third-order valence-corrected chi connectivity index (χ3v) is 3.86. The van der Waals surface area contributed by atoms with Crippen LogP contribution in [-0.4, -0.2) is 23.9 Å². The summed E-state index contributed by atoms with van der Waals surface area (Å²) in [5, 5.41) is 11.5. The highest BCUT2D eigenvalue weighted by molar-refractivity contribution is 5.82. The monoisotopic (exact) mass is 232 g/mol. The fourth-order valence-corrected chi connectivity index (χ4v) is 2.49. The molecule has 0 amide bonds. The molecule has 3 rings (SSSR count). The molecule has 1 aromatic carbocycles. The SMILES string of the molecule is CC(C)(O)C1(c2coc3ccccc23)COC1. The summed E-state index contributed by atoms with van der Waals surface area (Å²) >= 11 is 0. The highest BCUT2D eigenvalue weighted by Crippen LogP contribution is 2.45. The number of ether oxygens (including phenoxy) is 1. The molecule has 0 atom stereocenters. The van der Waals surface area contributed by atoms with Gasteiger partial charge in [-0.15, -0.1) is 0 Å². The normalized spacial score (nSPS) is 19.2. The second-order valence-electron chi connectivity index (χ2n) is 5.28. The Morgan fingerprint density at radius 3 is 2.53 bits per heavy atom. The van der Waals surface area contributed by atoms with Gasteiger partial charge >= 0.3 is 0 Å². The highest BCUT2D eigenvalue weighted by atomic mass is 16.5. The zero-order valence-electron chi connectivity index (χ0n) is 10.1. The van der Waals surface area contributed by atoms with Crippen LogP contribution in [0.25, 0.3) is 11.0 Å². The quantitative estimate of drug-likeness (QED) is 0.865. The van der Waals surface area contributed by atoms with Crippen LogP contribution in [0.1, 0.15) is 19.4 Å². The van der Waals surface area contributed by atoms with E-state index in [1.54, 1.807) is 6.26 Å². The smallest absolute Gasteiger partial charge is 0.134 e. The van der Waals surface area contributed by atoms with Crippen LogP contribution in [-0.2, 0) is 10.2 Å². The Morgan fingerprint density at radius 2 is 1.94 bits per heavy atom. The van der Waals surface area contributed by atoms with Crippen LogP contribution in [0.15, 0.2) is 34.9 Å². The van der Waals surface area contributed by atoms with Crippen molar-refractivity contribution in [2.24, 2.45) is 0 Å². The van der Waals surface area contributed by atoms with E-state index in [9.17, 15) is 5.11 Å². The Kier molecular flexibility index (Phi) is 2.12. The Hall–Kier alpha value is -1.32. The van der Waals surface area contributed by atoms with E-state index in [0.29, 0.717) is 13.2 Å². The van der Waals surface area contributed by atoms with E-state index in [2.05, 4.69) is 0 Å². The van der Waals surface area contributed by atoms with Crippen molar-refractivity contribution >= 4 is 11.0 Å².